The lowest BCUT2D eigenvalue weighted by Crippen LogP contribution is -2.41. The zero-order valence-electron chi connectivity index (χ0n) is 9.31. The molecule has 0 aromatic carbocycles. The number of carbonyl (C=O) groups is 1. The molecule has 0 aliphatic heterocycles. The van der Waals surface area contributed by atoms with Crippen LogP contribution in [0.25, 0.3) is 0 Å². The van der Waals surface area contributed by atoms with Gasteiger partial charge in [-0.3, -0.25) is 0 Å². The van der Waals surface area contributed by atoms with Gasteiger partial charge in [-0.05, 0) is 26.1 Å². The molecule has 1 rings (SSSR count). The molecule has 1 aromatic rings. The third kappa shape index (κ3) is 3.50. The number of ether oxygens (including phenoxy) is 1. The Labute approximate surface area is 109 Å². The zero-order chi connectivity index (χ0) is 13.0. The number of hydrogen-bond donors (Lipinski definition) is 1. The largest absolute Gasteiger partial charge is 0.449 e. The van der Waals surface area contributed by atoms with Crippen LogP contribution in [-0.4, -0.2) is 27.8 Å². The Bertz CT molecular complexity index is 434. The highest BCUT2D eigenvalue weighted by Gasteiger charge is 2.22. The lowest BCUT2D eigenvalue weighted by molar-refractivity contribution is 0.163. The highest BCUT2D eigenvalue weighted by molar-refractivity contribution is 7.80. The molecule has 17 heavy (non-hydrogen) atoms. The quantitative estimate of drug-likeness (QED) is 0.652. The molecule has 0 bridgehead atoms. The Hall–Kier alpha value is -1.47. The van der Waals surface area contributed by atoms with E-state index in [2.05, 4.69) is 9.97 Å². The molecular formula is C9H11ClN4O2S. The maximum absolute atomic E-state index is 11.6. The molecule has 0 fully saturated rings. The summed E-state index contributed by atoms with van der Waals surface area (Å²) < 4.78 is 4.82. The lowest BCUT2D eigenvalue weighted by atomic mass is 10.5. The minimum absolute atomic E-state index is 0.169. The summed E-state index contributed by atoms with van der Waals surface area (Å²) in [6.45, 7) is 3.52. The molecule has 2 N–H and O–H groups in total. The second-order valence-corrected chi connectivity index (χ2v) is 3.77. The van der Waals surface area contributed by atoms with E-state index in [1.165, 1.54) is 6.07 Å². The van der Waals surface area contributed by atoms with E-state index >= 15 is 0 Å². The van der Waals surface area contributed by atoms with Gasteiger partial charge in [0.2, 0.25) is 0 Å². The molecule has 0 atom stereocenters. The van der Waals surface area contributed by atoms with Crippen LogP contribution in [0.15, 0.2) is 6.07 Å². The number of rotatable bonds is 2. The Balaban J connectivity index is 3.14. The Morgan fingerprint density at radius 1 is 1.65 bits per heavy atom. The van der Waals surface area contributed by atoms with Gasteiger partial charge < -0.3 is 10.5 Å². The summed E-state index contributed by atoms with van der Waals surface area (Å²) >= 11 is 10.5. The van der Waals surface area contributed by atoms with Gasteiger partial charge in [0.05, 0.1) is 6.61 Å². The van der Waals surface area contributed by atoms with E-state index < -0.39 is 6.09 Å². The monoisotopic (exact) mass is 274 g/mol. The fourth-order valence-corrected chi connectivity index (χ4v) is 1.50. The van der Waals surface area contributed by atoms with Crippen molar-refractivity contribution in [3.05, 3.63) is 17.0 Å². The van der Waals surface area contributed by atoms with E-state index in [0.29, 0.717) is 5.82 Å². The van der Waals surface area contributed by atoms with Gasteiger partial charge in [-0.25, -0.2) is 19.7 Å². The molecule has 8 heteroatoms. The summed E-state index contributed by atoms with van der Waals surface area (Å²) in [5.41, 5.74) is 5.45. The van der Waals surface area contributed by atoms with Gasteiger partial charge in [0.1, 0.15) is 16.8 Å². The average molecular weight is 275 g/mol. The number of nitrogens with zero attached hydrogens (tertiary/aromatic N) is 3. The Kier molecular flexibility index (Phi) is 4.59. The number of halogens is 1. The van der Waals surface area contributed by atoms with Gasteiger partial charge >= 0.3 is 6.09 Å². The molecule has 92 valence electrons. The molecule has 1 aromatic heterocycles. The first kappa shape index (κ1) is 13.6. The topological polar surface area (TPSA) is 81.3 Å². The smallest absolute Gasteiger partial charge is 0.422 e. The first-order valence-corrected chi connectivity index (χ1v) is 5.51. The zero-order valence-corrected chi connectivity index (χ0v) is 10.9. The van der Waals surface area contributed by atoms with E-state index in [9.17, 15) is 4.79 Å². The van der Waals surface area contributed by atoms with Crippen molar-refractivity contribution in [2.45, 2.75) is 13.8 Å². The summed E-state index contributed by atoms with van der Waals surface area (Å²) in [6.07, 6.45) is -0.700. The number of hydrogen-bond acceptors (Lipinski definition) is 5. The number of aromatic nitrogens is 2. The molecule has 0 saturated heterocycles. The fraction of sp³-hybridized carbons (Fsp3) is 0.333. The molecular weight excluding hydrogens is 264 g/mol. The fourth-order valence-electron chi connectivity index (χ4n) is 1.12. The summed E-state index contributed by atoms with van der Waals surface area (Å²) in [5.74, 6) is 0.589. The van der Waals surface area contributed by atoms with Gasteiger partial charge in [-0.15, -0.1) is 0 Å². The molecule has 1 amide bonds. The number of thiocarbonyl (C=S) groups is 1. The normalized spacial score (nSPS) is 9.82. The number of nitrogens with two attached hydrogens (primary N) is 1. The first-order valence-electron chi connectivity index (χ1n) is 4.73. The van der Waals surface area contributed by atoms with E-state index in [0.717, 1.165) is 4.90 Å². The van der Waals surface area contributed by atoms with Gasteiger partial charge in [-0.1, -0.05) is 11.6 Å². The molecule has 0 saturated carbocycles. The van der Waals surface area contributed by atoms with Crippen molar-refractivity contribution < 1.29 is 9.53 Å². The van der Waals surface area contributed by atoms with Crippen LogP contribution >= 0.6 is 23.8 Å². The third-order valence-corrected chi connectivity index (χ3v) is 2.07. The van der Waals surface area contributed by atoms with Crippen molar-refractivity contribution in [3.63, 3.8) is 0 Å². The summed E-state index contributed by atoms with van der Waals surface area (Å²) in [7, 11) is 0. The second-order valence-electron chi connectivity index (χ2n) is 2.97. The molecule has 0 aliphatic carbocycles. The molecule has 6 nitrogen and oxygen atoms in total. The van der Waals surface area contributed by atoms with Crippen LogP contribution in [0.5, 0.6) is 0 Å². The number of anilines is 1. The van der Waals surface area contributed by atoms with Crippen molar-refractivity contribution in [2.75, 3.05) is 11.5 Å². The van der Waals surface area contributed by atoms with Gasteiger partial charge in [-0.2, -0.15) is 0 Å². The van der Waals surface area contributed by atoms with Gasteiger partial charge in [0.15, 0.2) is 5.11 Å². The summed E-state index contributed by atoms with van der Waals surface area (Å²) in [5, 5.41) is 0.0238. The molecule has 0 aliphatic rings. The minimum atomic E-state index is -0.700. The third-order valence-electron chi connectivity index (χ3n) is 1.69. The Morgan fingerprint density at radius 3 is 2.76 bits per heavy atom. The molecule has 1 heterocycles. The highest BCUT2D eigenvalue weighted by atomic mass is 35.5. The predicted octanol–water partition coefficient (Wildman–Crippen LogP) is 1.64. The van der Waals surface area contributed by atoms with Crippen LogP contribution in [-0.2, 0) is 4.74 Å². The minimum Gasteiger partial charge on any atom is -0.449 e. The van der Waals surface area contributed by atoms with Crippen LogP contribution < -0.4 is 10.6 Å². The maximum atomic E-state index is 11.6. The Morgan fingerprint density at radius 2 is 2.29 bits per heavy atom. The molecule has 0 spiro atoms. The summed E-state index contributed by atoms with van der Waals surface area (Å²) in [4.78, 5) is 20.5. The van der Waals surface area contributed by atoms with Crippen LogP contribution in [0.3, 0.4) is 0 Å². The van der Waals surface area contributed by atoms with Crippen molar-refractivity contribution in [1.82, 2.24) is 9.97 Å². The average Bonchev–Trinajstić information content (AvgIpc) is 2.15. The second kappa shape index (κ2) is 5.74. The van der Waals surface area contributed by atoms with Crippen molar-refractivity contribution in [1.29, 1.82) is 0 Å². The molecule has 0 unspecified atom stereocenters. The predicted molar refractivity (Wildman–Crippen MR) is 68.1 cm³/mol. The van der Waals surface area contributed by atoms with Gasteiger partial charge in [0, 0.05) is 6.07 Å². The number of carbonyl (C=O) groups excluding carboxylic acids is 1. The number of aryl methyl sites for hydroxylation is 1. The van der Waals surface area contributed by atoms with Crippen molar-refractivity contribution in [2.24, 2.45) is 5.73 Å². The van der Waals surface area contributed by atoms with E-state index in [-0.39, 0.29) is 22.7 Å². The molecule has 0 radical (unpaired) electrons. The summed E-state index contributed by atoms with van der Waals surface area (Å²) in [6, 6.07) is 1.38. The highest BCUT2D eigenvalue weighted by Crippen LogP contribution is 2.16. The van der Waals surface area contributed by atoms with Crippen LogP contribution in [0, 0.1) is 6.92 Å². The van der Waals surface area contributed by atoms with E-state index in [1.807, 2.05) is 0 Å². The number of amides is 1. The standard InChI is InChI=1S/C9H11ClN4O2S/c1-3-16-9(15)14(8(11)17)7-4-6(10)12-5(2)13-7/h4H,3H2,1-2H3,(H2,11,17). The van der Waals surface area contributed by atoms with Crippen LogP contribution in [0.4, 0.5) is 10.6 Å². The van der Waals surface area contributed by atoms with E-state index in [4.69, 9.17) is 34.3 Å². The van der Waals surface area contributed by atoms with E-state index in [1.54, 1.807) is 13.8 Å². The maximum Gasteiger partial charge on any atom is 0.422 e. The SMILES string of the molecule is CCOC(=O)N(C(N)=S)c1cc(Cl)nc(C)n1. The lowest BCUT2D eigenvalue weighted by Gasteiger charge is -2.18. The first-order chi connectivity index (χ1) is 7.95. The van der Waals surface area contributed by atoms with Crippen LogP contribution in [0.2, 0.25) is 5.15 Å². The van der Waals surface area contributed by atoms with Crippen LogP contribution in [0.1, 0.15) is 12.7 Å². The van der Waals surface area contributed by atoms with Crippen molar-refractivity contribution >= 4 is 40.8 Å². The van der Waals surface area contributed by atoms with Crippen molar-refractivity contribution in [3.8, 4) is 0 Å². The van der Waals surface area contributed by atoms with Gasteiger partial charge in [0.25, 0.3) is 0 Å².